The SMILES string of the molecule is CCCC.CCCC(C)C. The molecule has 0 N–H and O–H groups in total. The molecule has 0 aliphatic carbocycles. The van der Waals surface area contributed by atoms with Gasteiger partial charge in [-0.1, -0.05) is 60.3 Å². The molecule has 0 aromatic heterocycles. The van der Waals surface area contributed by atoms with Gasteiger partial charge >= 0.3 is 0 Å². The minimum absolute atomic E-state index is 0.898. The van der Waals surface area contributed by atoms with Crippen LogP contribution in [-0.2, 0) is 0 Å². The van der Waals surface area contributed by atoms with Gasteiger partial charge in [-0.15, -0.1) is 0 Å². The van der Waals surface area contributed by atoms with Crippen molar-refractivity contribution >= 4 is 0 Å². The maximum atomic E-state index is 2.25. The predicted molar refractivity (Wildman–Crippen MR) is 50.3 cm³/mol. The second kappa shape index (κ2) is 11.8. The third kappa shape index (κ3) is 24.5. The first-order valence-corrected chi connectivity index (χ1v) is 4.68. The Labute approximate surface area is 67.0 Å². The Kier molecular flexibility index (Phi) is 14.9. The van der Waals surface area contributed by atoms with E-state index in [0.29, 0.717) is 0 Å². The van der Waals surface area contributed by atoms with E-state index in [1.807, 2.05) is 0 Å². The maximum Gasteiger partial charge on any atom is -0.0471 e. The van der Waals surface area contributed by atoms with Crippen molar-refractivity contribution in [2.75, 3.05) is 0 Å². The molecule has 10 heavy (non-hydrogen) atoms. The van der Waals surface area contributed by atoms with Crippen LogP contribution in [0.5, 0.6) is 0 Å². The third-order valence-corrected chi connectivity index (χ3v) is 1.37. The van der Waals surface area contributed by atoms with Crippen LogP contribution in [0.2, 0.25) is 0 Å². The molecular formula is C10H24. The molecule has 0 spiro atoms. The molecule has 0 fully saturated rings. The lowest BCUT2D eigenvalue weighted by molar-refractivity contribution is 0.576. The first kappa shape index (κ1) is 12.7. The molecular weight excluding hydrogens is 120 g/mol. The molecule has 0 bridgehead atoms. The number of hydrogen-bond donors (Lipinski definition) is 0. The zero-order valence-corrected chi connectivity index (χ0v) is 8.41. The Morgan fingerprint density at radius 1 is 0.800 bits per heavy atom. The van der Waals surface area contributed by atoms with Crippen molar-refractivity contribution in [1.29, 1.82) is 0 Å². The van der Waals surface area contributed by atoms with Crippen molar-refractivity contribution in [2.24, 2.45) is 5.92 Å². The smallest absolute Gasteiger partial charge is 0.0471 e. The van der Waals surface area contributed by atoms with E-state index < -0.39 is 0 Å². The molecule has 0 atom stereocenters. The van der Waals surface area contributed by atoms with Gasteiger partial charge in [0.2, 0.25) is 0 Å². The quantitative estimate of drug-likeness (QED) is 0.555. The van der Waals surface area contributed by atoms with E-state index in [9.17, 15) is 0 Å². The molecule has 0 saturated heterocycles. The molecule has 0 nitrogen and oxygen atoms in total. The van der Waals surface area contributed by atoms with Crippen LogP contribution < -0.4 is 0 Å². The lowest BCUT2D eigenvalue weighted by atomic mass is 10.1. The van der Waals surface area contributed by atoms with Gasteiger partial charge in [-0.2, -0.15) is 0 Å². The van der Waals surface area contributed by atoms with E-state index in [2.05, 4.69) is 34.6 Å². The van der Waals surface area contributed by atoms with Gasteiger partial charge < -0.3 is 0 Å². The summed E-state index contributed by atoms with van der Waals surface area (Å²) < 4.78 is 0. The molecule has 0 amide bonds. The minimum atomic E-state index is 0.898. The fraction of sp³-hybridized carbons (Fsp3) is 1.00. The fourth-order valence-corrected chi connectivity index (χ4v) is 0.577. The van der Waals surface area contributed by atoms with Crippen LogP contribution in [0.25, 0.3) is 0 Å². The van der Waals surface area contributed by atoms with Gasteiger partial charge in [0, 0.05) is 0 Å². The average molecular weight is 144 g/mol. The second-order valence-electron chi connectivity index (χ2n) is 3.18. The summed E-state index contributed by atoms with van der Waals surface area (Å²) in [7, 11) is 0. The van der Waals surface area contributed by atoms with E-state index in [-0.39, 0.29) is 0 Å². The van der Waals surface area contributed by atoms with Crippen LogP contribution in [0.3, 0.4) is 0 Å². The molecule has 0 aromatic carbocycles. The summed E-state index contributed by atoms with van der Waals surface area (Å²) in [6, 6.07) is 0. The minimum Gasteiger partial charge on any atom is -0.0654 e. The summed E-state index contributed by atoms with van der Waals surface area (Å²) in [6.07, 6.45) is 5.34. The predicted octanol–water partition coefficient (Wildman–Crippen LogP) is 4.25. The van der Waals surface area contributed by atoms with Crippen LogP contribution in [0, 0.1) is 5.92 Å². The third-order valence-electron chi connectivity index (χ3n) is 1.37. The van der Waals surface area contributed by atoms with Gasteiger partial charge in [-0.3, -0.25) is 0 Å². The Hall–Kier alpha value is 0. The molecule has 0 aliphatic rings. The standard InChI is InChI=1S/C6H14.C4H10/c1-4-5-6(2)3;1-3-4-2/h6H,4-5H2,1-3H3;3-4H2,1-2H3. The molecule has 0 heteroatoms. The van der Waals surface area contributed by atoms with Crippen LogP contribution in [-0.4, -0.2) is 0 Å². The molecule has 0 heterocycles. The highest BCUT2D eigenvalue weighted by Crippen LogP contribution is 2.00. The van der Waals surface area contributed by atoms with Crippen molar-refractivity contribution in [1.82, 2.24) is 0 Å². The van der Waals surface area contributed by atoms with E-state index >= 15 is 0 Å². The first-order chi connectivity index (χ1) is 4.68. The first-order valence-electron chi connectivity index (χ1n) is 4.68. The molecule has 0 unspecified atom stereocenters. The summed E-state index contributed by atoms with van der Waals surface area (Å²) in [5, 5.41) is 0. The molecule has 0 radical (unpaired) electrons. The summed E-state index contributed by atoms with van der Waals surface area (Å²) in [5.74, 6) is 0.898. The monoisotopic (exact) mass is 144 g/mol. The summed E-state index contributed by atoms with van der Waals surface area (Å²) in [5.41, 5.74) is 0. The highest BCUT2D eigenvalue weighted by Gasteiger charge is 1.85. The largest absolute Gasteiger partial charge is 0.0654 e. The summed E-state index contributed by atoms with van der Waals surface area (Å²) in [6.45, 7) is 11.1. The van der Waals surface area contributed by atoms with Gasteiger partial charge in [0.1, 0.15) is 0 Å². The van der Waals surface area contributed by atoms with Gasteiger partial charge in [0.15, 0.2) is 0 Å². The zero-order chi connectivity index (χ0) is 8.41. The lowest BCUT2D eigenvalue weighted by Crippen LogP contribution is -1.81. The van der Waals surface area contributed by atoms with E-state index in [1.54, 1.807) is 0 Å². The number of hydrogen-bond acceptors (Lipinski definition) is 0. The fourth-order valence-electron chi connectivity index (χ4n) is 0.577. The van der Waals surface area contributed by atoms with Crippen molar-refractivity contribution in [2.45, 2.75) is 60.3 Å². The van der Waals surface area contributed by atoms with Crippen molar-refractivity contribution < 1.29 is 0 Å². The summed E-state index contributed by atoms with van der Waals surface area (Å²) in [4.78, 5) is 0. The zero-order valence-electron chi connectivity index (χ0n) is 8.41. The molecule has 64 valence electrons. The van der Waals surface area contributed by atoms with Crippen molar-refractivity contribution in [3.8, 4) is 0 Å². The van der Waals surface area contributed by atoms with Gasteiger partial charge in [-0.25, -0.2) is 0 Å². The maximum absolute atomic E-state index is 2.25. The molecule has 0 aromatic rings. The Morgan fingerprint density at radius 2 is 1.20 bits per heavy atom. The normalized spacial score (nSPS) is 9.00. The molecule has 0 aliphatic heterocycles. The van der Waals surface area contributed by atoms with E-state index in [0.717, 1.165) is 5.92 Å². The highest BCUT2D eigenvalue weighted by atomic mass is 13.9. The van der Waals surface area contributed by atoms with Gasteiger partial charge in [-0.05, 0) is 5.92 Å². The van der Waals surface area contributed by atoms with Gasteiger partial charge in [0.05, 0.1) is 0 Å². The van der Waals surface area contributed by atoms with Crippen LogP contribution in [0.1, 0.15) is 60.3 Å². The second-order valence-corrected chi connectivity index (χ2v) is 3.18. The number of rotatable bonds is 3. The van der Waals surface area contributed by atoms with Crippen molar-refractivity contribution in [3.05, 3.63) is 0 Å². The molecule has 0 rings (SSSR count). The van der Waals surface area contributed by atoms with Crippen LogP contribution in [0.15, 0.2) is 0 Å². The number of unbranched alkanes of at least 4 members (excludes halogenated alkanes) is 1. The van der Waals surface area contributed by atoms with E-state index in [1.165, 1.54) is 25.7 Å². The highest BCUT2D eigenvalue weighted by molar-refractivity contribution is 4.38. The van der Waals surface area contributed by atoms with E-state index in [4.69, 9.17) is 0 Å². The topological polar surface area (TPSA) is 0 Å². The van der Waals surface area contributed by atoms with Crippen LogP contribution in [0.4, 0.5) is 0 Å². The average Bonchev–Trinajstić information content (AvgIpc) is 1.89. The van der Waals surface area contributed by atoms with Gasteiger partial charge in [0.25, 0.3) is 0 Å². The Balaban J connectivity index is 0. The Morgan fingerprint density at radius 3 is 1.20 bits per heavy atom. The lowest BCUT2D eigenvalue weighted by Gasteiger charge is -1.95. The Bertz CT molecular complexity index is 35.3. The van der Waals surface area contributed by atoms with Crippen molar-refractivity contribution in [3.63, 3.8) is 0 Å². The molecule has 0 saturated carbocycles. The summed E-state index contributed by atoms with van der Waals surface area (Å²) >= 11 is 0. The van der Waals surface area contributed by atoms with Crippen LogP contribution >= 0.6 is 0 Å².